The minimum absolute atomic E-state index is 0.119. The van der Waals surface area contributed by atoms with Gasteiger partial charge in [-0.05, 0) is 27.8 Å². The Morgan fingerprint density at radius 2 is 1.93 bits per heavy atom. The van der Waals surface area contributed by atoms with Crippen LogP contribution in [0.4, 0.5) is 0 Å². The standard InChI is InChI=1S/C10H21NO3/c1-10(2,3)14-7-6-11(4)8-9(12)13-5/h6-8H2,1-5H3. The molecule has 0 unspecified atom stereocenters. The Morgan fingerprint density at radius 3 is 2.36 bits per heavy atom. The van der Waals surface area contributed by atoms with E-state index in [1.807, 2.05) is 32.7 Å². The molecule has 0 heterocycles. The Morgan fingerprint density at radius 1 is 1.36 bits per heavy atom. The molecule has 0 bridgehead atoms. The third-order valence-electron chi connectivity index (χ3n) is 1.63. The number of ether oxygens (including phenoxy) is 2. The molecule has 0 N–H and O–H groups in total. The molecule has 0 aromatic rings. The monoisotopic (exact) mass is 203 g/mol. The minimum atomic E-state index is -0.219. The van der Waals surface area contributed by atoms with E-state index in [1.165, 1.54) is 7.11 Å². The molecule has 0 atom stereocenters. The van der Waals surface area contributed by atoms with Crippen molar-refractivity contribution < 1.29 is 14.3 Å². The summed E-state index contributed by atoms with van der Waals surface area (Å²) < 4.78 is 10.1. The summed E-state index contributed by atoms with van der Waals surface area (Å²) in [5.74, 6) is -0.219. The Balaban J connectivity index is 3.54. The SMILES string of the molecule is COC(=O)CN(C)CCOC(C)(C)C. The van der Waals surface area contributed by atoms with Gasteiger partial charge >= 0.3 is 5.97 Å². The van der Waals surface area contributed by atoms with Crippen LogP contribution in [0.5, 0.6) is 0 Å². The highest BCUT2D eigenvalue weighted by Gasteiger charge is 2.11. The average Bonchev–Trinajstić information content (AvgIpc) is 2.01. The molecule has 0 aliphatic heterocycles. The number of carbonyl (C=O) groups excluding carboxylic acids is 1. The smallest absolute Gasteiger partial charge is 0.319 e. The first kappa shape index (κ1) is 13.4. The molecule has 0 spiro atoms. The van der Waals surface area contributed by atoms with E-state index in [9.17, 15) is 4.79 Å². The van der Waals surface area contributed by atoms with Gasteiger partial charge in [0.05, 0.1) is 25.9 Å². The van der Waals surface area contributed by atoms with E-state index < -0.39 is 0 Å². The van der Waals surface area contributed by atoms with Crippen LogP contribution in [-0.2, 0) is 14.3 Å². The van der Waals surface area contributed by atoms with Gasteiger partial charge in [-0.3, -0.25) is 9.69 Å². The van der Waals surface area contributed by atoms with Crippen LogP contribution in [0, 0.1) is 0 Å². The maximum atomic E-state index is 10.9. The lowest BCUT2D eigenvalue weighted by atomic mass is 10.2. The fourth-order valence-electron chi connectivity index (χ4n) is 0.872. The van der Waals surface area contributed by atoms with Gasteiger partial charge in [0.2, 0.25) is 0 Å². The average molecular weight is 203 g/mol. The van der Waals surface area contributed by atoms with Crippen molar-refractivity contribution in [3.63, 3.8) is 0 Å². The maximum Gasteiger partial charge on any atom is 0.319 e. The highest BCUT2D eigenvalue weighted by molar-refractivity contribution is 5.71. The van der Waals surface area contributed by atoms with Crippen LogP contribution >= 0.6 is 0 Å². The topological polar surface area (TPSA) is 38.8 Å². The van der Waals surface area contributed by atoms with E-state index >= 15 is 0 Å². The molecule has 4 nitrogen and oxygen atoms in total. The summed E-state index contributed by atoms with van der Waals surface area (Å²) in [5, 5.41) is 0. The predicted molar refractivity (Wildman–Crippen MR) is 55.2 cm³/mol. The van der Waals surface area contributed by atoms with Crippen molar-refractivity contribution in [3.05, 3.63) is 0 Å². The van der Waals surface area contributed by atoms with Crippen LogP contribution in [-0.4, -0.2) is 50.3 Å². The molecule has 0 rings (SSSR count). The zero-order chi connectivity index (χ0) is 11.2. The Labute approximate surface area is 86.2 Å². The molecule has 0 fully saturated rings. The van der Waals surface area contributed by atoms with Crippen molar-refractivity contribution in [2.24, 2.45) is 0 Å². The molecule has 0 aliphatic rings. The first-order valence-corrected chi connectivity index (χ1v) is 4.74. The molecular weight excluding hydrogens is 182 g/mol. The predicted octanol–water partition coefficient (Wildman–Crippen LogP) is 0.906. The zero-order valence-electron chi connectivity index (χ0n) is 9.79. The molecule has 84 valence electrons. The van der Waals surface area contributed by atoms with Crippen LogP contribution in [0.1, 0.15) is 20.8 Å². The summed E-state index contributed by atoms with van der Waals surface area (Å²) in [7, 11) is 3.25. The van der Waals surface area contributed by atoms with E-state index in [-0.39, 0.29) is 11.6 Å². The summed E-state index contributed by atoms with van der Waals surface area (Å²) in [6, 6.07) is 0. The number of hydrogen-bond acceptors (Lipinski definition) is 4. The van der Waals surface area contributed by atoms with Gasteiger partial charge in [-0.1, -0.05) is 0 Å². The van der Waals surface area contributed by atoms with Gasteiger partial charge in [0.1, 0.15) is 0 Å². The van der Waals surface area contributed by atoms with Crippen molar-refractivity contribution in [3.8, 4) is 0 Å². The lowest BCUT2D eigenvalue weighted by molar-refractivity contribution is -0.141. The lowest BCUT2D eigenvalue weighted by Crippen LogP contribution is -2.32. The van der Waals surface area contributed by atoms with E-state index in [2.05, 4.69) is 4.74 Å². The van der Waals surface area contributed by atoms with Gasteiger partial charge in [0.15, 0.2) is 0 Å². The molecule has 4 heteroatoms. The molecular formula is C10H21NO3. The van der Waals surface area contributed by atoms with Gasteiger partial charge in [-0.25, -0.2) is 0 Å². The van der Waals surface area contributed by atoms with Crippen molar-refractivity contribution in [1.29, 1.82) is 0 Å². The molecule has 0 saturated carbocycles. The number of methoxy groups -OCH3 is 1. The molecule has 0 aromatic heterocycles. The summed E-state index contributed by atoms with van der Waals surface area (Å²) in [6.07, 6.45) is 0. The lowest BCUT2D eigenvalue weighted by Gasteiger charge is -2.22. The summed E-state index contributed by atoms with van der Waals surface area (Å²) in [4.78, 5) is 12.8. The highest BCUT2D eigenvalue weighted by atomic mass is 16.5. The fourth-order valence-corrected chi connectivity index (χ4v) is 0.872. The van der Waals surface area contributed by atoms with Crippen LogP contribution in [0.15, 0.2) is 0 Å². The summed E-state index contributed by atoms with van der Waals surface area (Å²) in [5.41, 5.74) is -0.119. The maximum absolute atomic E-state index is 10.9. The fraction of sp³-hybridized carbons (Fsp3) is 0.900. The van der Waals surface area contributed by atoms with Crippen molar-refractivity contribution >= 4 is 5.97 Å². The Hall–Kier alpha value is -0.610. The van der Waals surface area contributed by atoms with Crippen LogP contribution < -0.4 is 0 Å². The van der Waals surface area contributed by atoms with Gasteiger partial charge in [0.25, 0.3) is 0 Å². The van der Waals surface area contributed by atoms with Crippen molar-refractivity contribution in [2.45, 2.75) is 26.4 Å². The van der Waals surface area contributed by atoms with E-state index in [1.54, 1.807) is 0 Å². The van der Waals surface area contributed by atoms with Gasteiger partial charge < -0.3 is 9.47 Å². The third kappa shape index (κ3) is 8.01. The second-order valence-corrected chi connectivity index (χ2v) is 4.27. The second kappa shape index (κ2) is 5.98. The summed E-state index contributed by atoms with van der Waals surface area (Å²) in [6.45, 7) is 7.68. The van der Waals surface area contributed by atoms with E-state index in [0.717, 1.165) is 6.54 Å². The normalized spacial score (nSPS) is 11.9. The number of rotatable bonds is 5. The van der Waals surface area contributed by atoms with Gasteiger partial charge in [-0.2, -0.15) is 0 Å². The molecule has 0 amide bonds. The molecule has 0 radical (unpaired) electrons. The minimum Gasteiger partial charge on any atom is -0.468 e. The first-order valence-electron chi connectivity index (χ1n) is 4.74. The second-order valence-electron chi connectivity index (χ2n) is 4.27. The molecule has 0 aliphatic carbocycles. The van der Waals surface area contributed by atoms with Gasteiger partial charge in [0, 0.05) is 6.54 Å². The Kier molecular flexibility index (Phi) is 5.72. The largest absolute Gasteiger partial charge is 0.468 e. The van der Waals surface area contributed by atoms with Crippen molar-refractivity contribution in [2.75, 3.05) is 33.9 Å². The zero-order valence-corrected chi connectivity index (χ0v) is 9.79. The number of carbonyl (C=O) groups is 1. The molecule has 0 aromatic carbocycles. The Bertz CT molecular complexity index is 175. The number of esters is 1. The highest BCUT2D eigenvalue weighted by Crippen LogP contribution is 2.05. The van der Waals surface area contributed by atoms with Crippen molar-refractivity contribution in [1.82, 2.24) is 4.90 Å². The van der Waals surface area contributed by atoms with Gasteiger partial charge in [-0.15, -0.1) is 0 Å². The van der Waals surface area contributed by atoms with E-state index in [0.29, 0.717) is 13.2 Å². The third-order valence-corrected chi connectivity index (χ3v) is 1.63. The molecule has 14 heavy (non-hydrogen) atoms. The number of hydrogen-bond donors (Lipinski definition) is 0. The number of likely N-dealkylation sites (N-methyl/N-ethyl adjacent to an activating group) is 1. The van der Waals surface area contributed by atoms with Crippen LogP contribution in [0.3, 0.4) is 0 Å². The number of nitrogens with zero attached hydrogens (tertiary/aromatic N) is 1. The van der Waals surface area contributed by atoms with E-state index in [4.69, 9.17) is 4.74 Å². The van der Waals surface area contributed by atoms with Crippen LogP contribution in [0.2, 0.25) is 0 Å². The summed E-state index contributed by atoms with van der Waals surface area (Å²) >= 11 is 0. The first-order chi connectivity index (χ1) is 6.35. The quantitative estimate of drug-likeness (QED) is 0.622. The van der Waals surface area contributed by atoms with Crippen LogP contribution in [0.25, 0.3) is 0 Å². The molecule has 0 saturated heterocycles.